The molecular formula is C17H23NS2. The molecule has 0 radical (unpaired) electrons. The van der Waals surface area contributed by atoms with Crippen molar-refractivity contribution in [3.63, 3.8) is 0 Å². The van der Waals surface area contributed by atoms with Crippen molar-refractivity contribution < 1.29 is 0 Å². The second-order valence-corrected chi connectivity index (χ2v) is 8.20. The van der Waals surface area contributed by atoms with Crippen LogP contribution in [0.1, 0.15) is 48.9 Å². The lowest BCUT2D eigenvalue weighted by Gasteiger charge is -2.34. The minimum absolute atomic E-state index is 0.387. The molecule has 0 aliphatic heterocycles. The molecule has 0 amide bonds. The average Bonchev–Trinajstić information content (AvgIpc) is 3.08. The van der Waals surface area contributed by atoms with Crippen LogP contribution in [0.2, 0.25) is 0 Å². The number of nitrogens with one attached hydrogen (secondary N) is 1. The van der Waals surface area contributed by atoms with Crippen LogP contribution in [-0.2, 0) is 0 Å². The van der Waals surface area contributed by atoms with Crippen LogP contribution in [0.25, 0.3) is 0 Å². The Labute approximate surface area is 130 Å². The predicted octanol–water partition coefficient (Wildman–Crippen LogP) is 5.31. The molecule has 0 aromatic carbocycles. The van der Waals surface area contributed by atoms with Gasteiger partial charge in [0, 0.05) is 15.8 Å². The summed E-state index contributed by atoms with van der Waals surface area (Å²) in [5.74, 6) is 1.70. The Hall–Kier alpha value is -0.640. The van der Waals surface area contributed by atoms with E-state index in [0.717, 1.165) is 11.8 Å². The van der Waals surface area contributed by atoms with Gasteiger partial charge in [0.25, 0.3) is 0 Å². The molecule has 2 aromatic heterocycles. The Bertz CT molecular complexity index is 459. The Kier molecular flexibility index (Phi) is 4.59. The summed E-state index contributed by atoms with van der Waals surface area (Å²) in [7, 11) is 0. The predicted molar refractivity (Wildman–Crippen MR) is 89.6 cm³/mol. The molecule has 1 nitrogen and oxygen atoms in total. The van der Waals surface area contributed by atoms with Gasteiger partial charge in [0.05, 0.1) is 6.04 Å². The number of hydrogen-bond acceptors (Lipinski definition) is 3. The zero-order chi connectivity index (χ0) is 13.9. The molecule has 0 bridgehead atoms. The van der Waals surface area contributed by atoms with Gasteiger partial charge in [0.1, 0.15) is 0 Å². The molecule has 0 saturated heterocycles. The van der Waals surface area contributed by atoms with Crippen LogP contribution in [0.4, 0.5) is 0 Å². The first-order valence-corrected chi connectivity index (χ1v) is 9.31. The maximum absolute atomic E-state index is 3.94. The van der Waals surface area contributed by atoms with Gasteiger partial charge in [-0.2, -0.15) is 0 Å². The second-order valence-electron chi connectivity index (χ2n) is 6.24. The van der Waals surface area contributed by atoms with Gasteiger partial charge < -0.3 is 5.32 Å². The van der Waals surface area contributed by atoms with Crippen LogP contribution in [0.5, 0.6) is 0 Å². The SMILES string of the molecule is CC1CC(C)CC(NC(c2cccs2)c2cccs2)C1. The molecule has 1 N–H and O–H groups in total. The van der Waals surface area contributed by atoms with E-state index in [0.29, 0.717) is 12.1 Å². The molecule has 3 heteroatoms. The summed E-state index contributed by atoms with van der Waals surface area (Å²) in [6.07, 6.45) is 4.02. The van der Waals surface area contributed by atoms with Gasteiger partial charge in [-0.1, -0.05) is 26.0 Å². The quantitative estimate of drug-likeness (QED) is 0.807. The maximum Gasteiger partial charge on any atom is 0.0766 e. The van der Waals surface area contributed by atoms with Gasteiger partial charge in [-0.3, -0.25) is 0 Å². The summed E-state index contributed by atoms with van der Waals surface area (Å²) in [5.41, 5.74) is 0. The first kappa shape index (κ1) is 14.3. The van der Waals surface area contributed by atoms with Gasteiger partial charge in [0.2, 0.25) is 0 Å². The molecular weight excluding hydrogens is 282 g/mol. The molecule has 2 aromatic rings. The third-order valence-electron chi connectivity index (χ3n) is 4.24. The molecule has 20 heavy (non-hydrogen) atoms. The highest BCUT2D eigenvalue weighted by Crippen LogP contribution is 2.34. The summed E-state index contributed by atoms with van der Waals surface area (Å²) in [5, 5.41) is 8.31. The Balaban J connectivity index is 1.77. The van der Waals surface area contributed by atoms with E-state index >= 15 is 0 Å². The number of thiophene rings is 2. The highest BCUT2D eigenvalue weighted by Gasteiger charge is 2.27. The van der Waals surface area contributed by atoms with Gasteiger partial charge in [-0.25, -0.2) is 0 Å². The molecule has 2 heterocycles. The highest BCUT2D eigenvalue weighted by atomic mass is 32.1. The maximum atomic E-state index is 3.94. The lowest BCUT2D eigenvalue weighted by Crippen LogP contribution is -2.38. The van der Waals surface area contributed by atoms with E-state index in [-0.39, 0.29) is 0 Å². The van der Waals surface area contributed by atoms with Crippen LogP contribution < -0.4 is 5.32 Å². The molecule has 108 valence electrons. The molecule has 0 spiro atoms. The van der Waals surface area contributed by atoms with Crippen molar-refractivity contribution in [3.05, 3.63) is 44.8 Å². The lowest BCUT2D eigenvalue weighted by atomic mass is 9.80. The average molecular weight is 306 g/mol. The first-order valence-electron chi connectivity index (χ1n) is 7.55. The fraction of sp³-hybridized carbons (Fsp3) is 0.529. The Morgan fingerprint density at radius 3 is 1.95 bits per heavy atom. The lowest BCUT2D eigenvalue weighted by molar-refractivity contribution is 0.232. The molecule has 1 aliphatic carbocycles. The van der Waals surface area contributed by atoms with Crippen molar-refractivity contribution in [1.29, 1.82) is 0 Å². The Morgan fingerprint density at radius 1 is 0.950 bits per heavy atom. The second kappa shape index (κ2) is 6.42. The van der Waals surface area contributed by atoms with Gasteiger partial charge in [-0.15, -0.1) is 22.7 Å². The smallest absolute Gasteiger partial charge is 0.0766 e. The van der Waals surface area contributed by atoms with E-state index in [4.69, 9.17) is 0 Å². The van der Waals surface area contributed by atoms with E-state index in [1.54, 1.807) is 0 Å². The normalized spacial score (nSPS) is 27.1. The molecule has 1 saturated carbocycles. The van der Waals surface area contributed by atoms with E-state index < -0.39 is 0 Å². The molecule has 2 unspecified atom stereocenters. The van der Waals surface area contributed by atoms with Crippen molar-refractivity contribution in [2.45, 2.75) is 45.2 Å². The zero-order valence-electron chi connectivity index (χ0n) is 12.2. The fourth-order valence-electron chi connectivity index (χ4n) is 3.53. The third kappa shape index (κ3) is 3.33. The van der Waals surface area contributed by atoms with Crippen molar-refractivity contribution >= 4 is 22.7 Å². The van der Waals surface area contributed by atoms with Crippen LogP contribution in [0, 0.1) is 11.8 Å². The van der Waals surface area contributed by atoms with Crippen LogP contribution in [0.3, 0.4) is 0 Å². The molecule has 2 atom stereocenters. The van der Waals surface area contributed by atoms with Crippen LogP contribution >= 0.6 is 22.7 Å². The summed E-state index contributed by atoms with van der Waals surface area (Å²) < 4.78 is 0. The van der Waals surface area contributed by atoms with Gasteiger partial charge in [-0.05, 0) is 54.0 Å². The molecule has 3 rings (SSSR count). The molecule has 1 aliphatic rings. The summed E-state index contributed by atoms with van der Waals surface area (Å²) in [6, 6.07) is 9.89. The van der Waals surface area contributed by atoms with Crippen molar-refractivity contribution in [1.82, 2.24) is 5.32 Å². The number of hydrogen-bond donors (Lipinski definition) is 1. The number of rotatable bonds is 4. The minimum Gasteiger partial charge on any atom is -0.302 e. The van der Waals surface area contributed by atoms with Crippen molar-refractivity contribution in [2.24, 2.45) is 11.8 Å². The topological polar surface area (TPSA) is 12.0 Å². The summed E-state index contributed by atoms with van der Waals surface area (Å²) in [4.78, 5) is 2.89. The van der Waals surface area contributed by atoms with E-state index in [1.807, 2.05) is 22.7 Å². The first-order chi connectivity index (χ1) is 9.72. The van der Waals surface area contributed by atoms with Gasteiger partial charge in [0.15, 0.2) is 0 Å². The zero-order valence-corrected chi connectivity index (χ0v) is 13.8. The van der Waals surface area contributed by atoms with Crippen LogP contribution in [-0.4, -0.2) is 6.04 Å². The monoisotopic (exact) mass is 305 g/mol. The standard InChI is InChI=1S/C17H23NS2/c1-12-9-13(2)11-14(10-12)18-17(15-5-3-7-19-15)16-6-4-8-20-16/h3-8,12-14,17-18H,9-11H2,1-2H3. The largest absolute Gasteiger partial charge is 0.302 e. The fourth-order valence-corrected chi connectivity index (χ4v) is 5.21. The minimum atomic E-state index is 0.387. The summed E-state index contributed by atoms with van der Waals surface area (Å²) >= 11 is 3.73. The van der Waals surface area contributed by atoms with E-state index in [1.165, 1.54) is 29.0 Å². The van der Waals surface area contributed by atoms with E-state index in [2.05, 4.69) is 54.2 Å². The van der Waals surface area contributed by atoms with E-state index in [9.17, 15) is 0 Å². The Morgan fingerprint density at radius 2 is 1.50 bits per heavy atom. The third-order valence-corrected chi connectivity index (χ3v) is 6.11. The van der Waals surface area contributed by atoms with Gasteiger partial charge >= 0.3 is 0 Å². The highest BCUT2D eigenvalue weighted by molar-refractivity contribution is 7.11. The van der Waals surface area contributed by atoms with Crippen molar-refractivity contribution in [2.75, 3.05) is 0 Å². The summed E-state index contributed by atoms with van der Waals surface area (Å²) in [6.45, 7) is 4.80. The van der Waals surface area contributed by atoms with Crippen molar-refractivity contribution in [3.8, 4) is 0 Å². The van der Waals surface area contributed by atoms with Crippen LogP contribution in [0.15, 0.2) is 35.0 Å². The molecule has 1 fully saturated rings.